The molecule has 1 atom stereocenters. The molecule has 2 rings (SSSR count). The quantitative estimate of drug-likeness (QED) is 0.477. The van der Waals surface area contributed by atoms with Crippen molar-refractivity contribution in [2.24, 2.45) is 5.92 Å². The lowest BCUT2D eigenvalue weighted by atomic mass is 10.1. The number of hydrogen-bond acceptors (Lipinski definition) is 5. The Balaban J connectivity index is 2.25. The van der Waals surface area contributed by atoms with Crippen molar-refractivity contribution in [3.05, 3.63) is 33.9 Å². The fourth-order valence-corrected chi connectivity index (χ4v) is 3.17. The summed E-state index contributed by atoms with van der Waals surface area (Å²) >= 11 is 0. The van der Waals surface area contributed by atoms with Crippen LogP contribution in [0.25, 0.3) is 0 Å². The minimum atomic E-state index is -4.65. The van der Waals surface area contributed by atoms with Crippen LogP contribution in [0.3, 0.4) is 0 Å². The van der Waals surface area contributed by atoms with Crippen molar-refractivity contribution in [2.75, 3.05) is 17.2 Å². The Morgan fingerprint density at radius 2 is 2.14 bits per heavy atom. The van der Waals surface area contributed by atoms with Crippen molar-refractivity contribution >= 4 is 27.5 Å². The van der Waals surface area contributed by atoms with Crippen LogP contribution in [-0.4, -0.2) is 31.5 Å². The normalized spacial score (nSPS) is 19.0. The van der Waals surface area contributed by atoms with Gasteiger partial charge >= 0.3 is 10.2 Å². The predicted octanol–water partition coefficient (Wildman–Crippen LogP) is 1.56. The summed E-state index contributed by atoms with van der Waals surface area (Å²) in [4.78, 5) is 23.5. The van der Waals surface area contributed by atoms with Crippen molar-refractivity contribution in [1.82, 2.24) is 0 Å². The molecule has 1 aliphatic rings. The molecule has 1 heterocycles. The number of nitro groups is 1. The molecule has 1 amide bonds. The van der Waals surface area contributed by atoms with Gasteiger partial charge in [-0.05, 0) is 13.0 Å². The fraction of sp³-hybridized carbons (Fsp3) is 0.417. The number of rotatable bonds is 4. The van der Waals surface area contributed by atoms with Crippen LogP contribution >= 0.6 is 0 Å². The van der Waals surface area contributed by atoms with Crippen molar-refractivity contribution in [3.8, 4) is 0 Å². The highest BCUT2D eigenvalue weighted by atomic mass is 32.3. The lowest BCUT2D eigenvalue weighted by molar-refractivity contribution is -0.385. The Morgan fingerprint density at radius 3 is 2.71 bits per heavy atom. The lowest BCUT2D eigenvalue weighted by Crippen LogP contribution is -2.25. The molecule has 0 saturated carbocycles. The molecule has 9 heteroatoms. The molecule has 21 heavy (non-hydrogen) atoms. The Hall–Kier alpha value is -2.03. The van der Waals surface area contributed by atoms with Crippen LogP contribution in [0.2, 0.25) is 0 Å². The van der Waals surface area contributed by atoms with Gasteiger partial charge in [-0.3, -0.25) is 14.9 Å². The van der Waals surface area contributed by atoms with Gasteiger partial charge < -0.3 is 4.90 Å². The first-order chi connectivity index (χ1) is 9.67. The molecule has 0 aromatic heterocycles. The maximum absolute atomic E-state index is 12.7. The summed E-state index contributed by atoms with van der Waals surface area (Å²) in [5.74, 6) is -1.74. The second kappa shape index (κ2) is 5.40. The Bertz CT molecular complexity index is 704. The summed E-state index contributed by atoms with van der Waals surface area (Å²) in [5, 5.41) is 10.9. The van der Waals surface area contributed by atoms with Gasteiger partial charge in [0.2, 0.25) is 5.91 Å². The number of carbonyl (C=O) groups excluding carboxylic acids is 1. The zero-order valence-corrected chi connectivity index (χ0v) is 12.0. The number of aryl methyl sites for hydroxylation is 1. The number of benzene rings is 1. The van der Waals surface area contributed by atoms with Gasteiger partial charge in [-0.15, -0.1) is 3.89 Å². The van der Waals surface area contributed by atoms with Gasteiger partial charge in [0.05, 0.1) is 16.4 Å². The summed E-state index contributed by atoms with van der Waals surface area (Å²) in [5.41, 5.74) is 0.649. The average molecular weight is 316 g/mol. The van der Waals surface area contributed by atoms with Gasteiger partial charge in [-0.25, -0.2) is 0 Å². The molecule has 0 N–H and O–H groups in total. The first kappa shape index (κ1) is 15.4. The Morgan fingerprint density at radius 1 is 1.48 bits per heavy atom. The van der Waals surface area contributed by atoms with Crippen molar-refractivity contribution in [1.29, 1.82) is 0 Å². The van der Waals surface area contributed by atoms with Gasteiger partial charge in [-0.1, -0.05) is 6.07 Å². The van der Waals surface area contributed by atoms with Gasteiger partial charge in [0.1, 0.15) is 0 Å². The highest BCUT2D eigenvalue weighted by Gasteiger charge is 2.34. The molecule has 7 nitrogen and oxygen atoms in total. The summed E-state index contributed by atoms with van der Waals surface area (Å²) in [6.07, 6.45) is -0.0924. The first-order valence-electron chi connectivity index (χ1n) is 6.15. The van der Waals surface area contributed by atoms with E-state index in [9.17, 15) is 27.2 Å². The number of anilines is 1. The summed E-state index contributed by atoms with van der Waals surface area (Å²) in [6, 6.07) is 4.33. The topological polar surface area (TPSA) is 97.6 Å². The van der Waals surface area contributed by atoms with E-state index in [4.69, 9.17) is 0 Å². The van der Waals surface area contributed by atoms with Crippen molar-refractivity contribution in [2.45, 2.75) is 13.3 Å². The number of nitro benzene ring substituents is 1. The first-order valence-corrected chi connectivity index (χ1v) is 7.70. The van der Waals surface area contributed by atoms with E-state index in [1.54, 1.807) is 13.0 Å². The van der Waals surface area contributed by atoms with Crippen LogP contribution < -0.4 is 4.90 Å². The molecular weight excluding hydrogens is 303 g/mol. The van der Waals surface area contributed by atoms with E-state index in [1.807, 2.05) is 0 Å². The molecule has 1 aliphatic heterocycles. The van der Waals surface area contributed by atoms with E-state index < -0.39 is 26.8 Å². The number of halogens is 1. The van der Waals surface area contributed by atoms with Crippen LogP contribution in [0.5, 0.6) is 0 Å². The maximum atomic E-state index is 12.7. The largest absolute Gasteiger partial charge is 0.312 e. The molecule has 1 aromatic carbocycles. The summed E-state index contributed by atoms with van der Waals surface area (Å²) in [6.45, 7) is 1.61. The van der Waals surface area contributed by atoms with Crippen molar-refractivity contribution in [3.63, 3.8) is 0 Å². The Labute approximate surface area is 120 Å². The third-order valence-electron chi connectivity index (χ3n) is 3.34. The molecule has 0 bridgehead atoms. The van der Waals surface area contributed by atoms with Crippen LogP contribution in [0.4, 0.5) is 15.3 Å². The smallest absolute Gasteiger partial charge is 0.302 e. The number of amides is 1. The average Bonchev–Trinajstić information content (AvgIpc) is 2.68. The molecular formula is C12H13FN2O5S. The molecule has 0 spiro atoms. The third kappa shape index (κ3) is 3.54. The van der Waals surface area contributed by atoms with E-state index in [0.717, 1.165) is 0 Å². The monoisotopic (exact) mass is 316 g/mol. The molecule has 0 radical (unpaired) electrons. The fourth-order valence-electron chi connectivity index (χ4n) is 2.39. The summed E-state index contributed by atoms with van der Waals surface area (Å²) < 4.78 is 34.0. The third-order valence-corrected chi connectivity index (χ3v) is 4.21. The zero-order chi connectivity index (χ0) is 15.8. The van der Waals surface area contributed by atoms with Gasteiger partial charge in [0, 0.05) is 30.5 Å². The van der Waals surface area contributed by atoms with E-state index >= 15 is 0 Å². The highest BCUT2D eigenvalue weighted by Crippen LogP contribution is 2.30. The molecule has 114 valence electrons. The van der Waals surface area contributed by atoms with Gasteiger partial charge in [0.15, 0.2) is 0 Å². The van der Waals surface area contributed by atoms with E-state index in [-0.39, 0.29) is 24.6 Å². The minimum absolute atomic E-state index is 0.0300. The minimum Gasteiger partial charge on any atom is -0.312 e. The Kier molecular flexibility index (Phi) is 3.95. The zero-order valence-electron chi connectivity index (χ0n) is 11.2. The molecule has 1 saturated heterocycles. The van der Waals surface area contributed by atoms with Crippen LogP contribution in [0.15, 0.2) is 18.2 Å². The molecule has 0 aliphatic carbocycles. The maximum Gasteiger partial charge on any atom is 0.302 e. The SMILES string of the molecule is Cc1ccc(N2CC(CS(=O)(=O)F)CC2=O)cc1[N+](=O)[O-]. The van der Waals surface area contributed by atoms with E-state index in [2.05, 4.69) is 0 Å². The highest BCUT2D eigenvalue weighted by molar-refractivity contribution is 7.86. The summed E-state index contributed by atoms with van der Waals surface area (Å²) in [7, 11) is -4.65. The number of carbonyl (C=O) groups is 1. The second-order valence-electron chi connectivity index (χ2n) is 5.01. The lowest BCUT2D eigenvalue weighted by Gasteiger charge is -2.16. The second-order valence-corrected chi connectivity index (χ2v) is 6.42. The molecule has 1 aromatic rings. The van der Waals surface area contributed by atoms with Crippen LogP contribution in [0, 0.1) is 23.0 Å². The molecule has 1 fully saturated rings. The number of nitrogens with zero attached hydrogens (tertiary/aromatic N) is 2. The number of hydrogen-bond donors (Lipinski definition) is 0. The van der Waals surface area contributed by atoms with Gasteiger partial charge in [-0.2, -0.15) is 8.42 Å². The van der Waals surface area contributed by atoms with E-state index in [1.165, 1.54) is 17.0 Å². The van der Waals surface area contributed by atoms with Gasteiger partial charge in [0.25, 0.3) is 5.69 Å². The van der Waals surface area contributed by atoms with Crippen molar-refractivity contribution < 1.29 is 22.0 Å². The van der Waals surface area contributed by atoms with Crippen LogP contribution in [-0.2, 0) is 15.0 Å². The standard InChI is InChI=1S/C12H13FN2O5S/c1-8-2-3-10(5-11(8)15(17)18)14-6-9(4-12(14)16)7-21(13,19)20/h2-3,5,9H,4,6-7H2,1H3. The van der Waals surface area contributed by atoms with E-state index in [0.29, 0.717) is 11.3 Å². The predicted molar refractivity (Wildman–Crippen MR) is 73.2 cm³/mol. The van der Waals surface area contributed by atoms with Crippen LogP contribution in [0.1, 0.15) is 12.0 Å². The molecule has 1 unspecified atom stereocenters.